The third-order valence-electron chi connectivity index (χ3n) is 7.69. The molecule has 0 bridgehead atoms. The van der Waals surface area contributed by atoms with E-state index in [2.05, 4.69) is 24.3 Å². The van der Waals surface area contributed by atoms with Gasteiger partial charge in [0.2, 0.25) is 0 Å². The number of aromatic nitrogens is 2. The molecule has 0 saturated carbocycles. The molecule has 0 aliphatic heterocycles. The Morgan fingerprint density at radius 3 is 2.38 bits per heavy atom. The van der Waals surface area contributed by atoms with E-state index >= 15 is 0 Å². The van der Waals surface area contributed by atoms with E-state index < -0.39 is 0 Å². The summed E-state index contributed by atoms with van der Waals surface area (Å²) in [6, 6.07) is 22.0. The summed E-state index contributed by atoms with van der Waals surface area (Å²) in [5.41, 5.74) is 5.10. The van der Waals surface area contributed by atoms with Crippen molar-refractivity contribution < 1.29 is 19.0 Å². The number of amides is 1. The Labute approximate surface area is 285 Å². The average molecular weight is 667 g/mol. The lowest BCUT2D eigenvalue weighted by molar-refractivity contribution is -0.118. The Hall–Kier alpha value is -5.15. The number of hydrogen-bond donors (Lipinski definition) is 1. The fourth-order valence-electron chi connectivity index (χ4n) is 5.30. The van der Waals surface area contributed by atoms with Crippen molar-refractivity contribution in [1.29, 1.82) is 0 Å². The topological polar surface area (TPSA) is 104 Å². The van der Waals surface area contributed by atoms with E-state index in [1.54, 1.807) is 24.3 Å². The quantitative estimate of drug-likeness (QED) is 0.135. The summed E-state index contributed by atoms with van der Waals surface area (Å²) in [6.45, 7) is 12.5. The van der Waals surface area contributed by atoms with Gasteiger partial charge in [-0.2, -0.15) is 9.78 Å². The molecule has 0 atom stereocenters. The van der Waals surface area contributed by atoms with Gasteiger partial charge >= 0.3 is 0 Å². The predicted molar refractivity (Wildman–Crippen MR) is 192 cm³/mol. The highest BCUT2D eigenvalue weighted by molar-refractivity contribution is 6.32. The maximum atomic E-state index is 13.9. The van der Waals surface area contributed by atoms with E-state index in [1.807, 2.05) is 76.2 Å². The summed E-state index contributed by atoms with van der Waals surface area (Å²) in [6.07, 6.45) is 1.53. The molecule has 1 aromatic heterocycles. The molecule has 0 fully saturated rings. The van der Waals surface area contributed by atoms with Crippen LogP contribution in [-0.2, 0) is 4.79 Å². The van der Waals surface area contributed by atoms with Crippen LogP contribution in [0.5, 0.6) is 17.2 Å². The van der Waals surface area contributed by atoms with Crippen molar-refractivity contribution >= 4 is 40.3 Å². The van der Waals surface area contributed by atoms with Gasteiger partial charge in [0.25, 0.3) is 11.5 Å². The minimum atomic E-state index is -0.339. The van der Waals surface area contributed by atoms with E-state index in [-0.39, 0.29) is 34.8 Å². The van der Waals surface area contributed by atoms with Gasteiger partial charge in [-0.3, -0.25) is 9.59 Å². The standard InChI is InChI=1S/C38H39ClN4O5/c1-7-46-33-17-25(6)29(20-28(33)23(3)4)37-42-32-16-12-10-14-27(32)38(45)43(37)40-21-26-18-30(39)36(34(19-26)47-8-2)48-22-35(44)41-31-15-11-9-13-24(31)5/h9-21,23H,7-8,22H2,1-6H3,(H,41,44). The van der Waals surface area contributed by atoms with Crippen molar-refractivity contribution in [3.63, 3.8) is 0 Å². The maximum Gasteiger partial charge on any atom is 0.282 e. The van der Waals surface area contributed by atoms with Crippen LogP contribution in [-0.4, -0.2) is 41.6 Å². The number of fused-ring (bicyclic) bond motifs is 1. The lowest BCUT2D eigenvalue weighted by Gasteiger charge is -2.18. The minimum absolute atomic E-state index is 0.170. The van der Waals surface area contributed by atoms with Crippen LogP contribution in [0.2, 0.25) is 5.02 Å². The largest absolute Gasteiger partial charge is 0.494 e. The Kier molecular flexibility index (Phi) is 10.8. The van der Waals surface area contributed by atoms with Gasteiger partial charge in [0, 0.05) is 11.3 Å². The number of carbonyl (C=O) groups excluding carboxylic acids is 1. The summed E-state index contributed by atoms with van der Waals surface area (Å²) in [5.74, 6) is 1.60. The number of para-hydroxylation sites is 2. The molecule has 0 aliphatic rings. The zero-order chi connectivity index (χ0) is 34.4. The van der Waals surface area contributed by atoms with E-state index in [9.17, 15) is 9.59 Å². The molecule has 5 rings (SSSR count). The summed E-state index contributed by atoms with van der Waals surface area (Å²) >= 11 is 6.67. The Bertz CT molecular complexity index is 2050. The number of hydrogen-bond acceptors (Lipinski definition) is 7. The Morgan fingerprint density at radius 1 is 0.938 bits per heavy atom. The van der Waals surface area contributed by atoms with Crippen molar-refractivity contribution in [1.82, 2.24) is 9.66 Å². The normalized spacial score (nSPS) is 11.3. The highest BCUT2D eigenvalue weighted by atomic mass is 35.5. The second kappa shape index (κ2) is 15.2. The molecule has 0 saturated heterocycles. The first-order valence-corrected chi connectivity index (χ1v) is 16.3. The lowest BCUT2D eigenvalue weighted by Crippen LogP contribution is -2.21. The molecule has 5 aromatic rings. The first-order chi connectivity index (χ1) is 23.1. The van der Waals surface area contributed by atoms with Crippen LogP contribution in [0.1, 0.15) is 55.9 Å². The fraction of sp³-hybridized carbons (Fsp3) is 0.263. The molecule has 1 N–H and O–H groups in total. The molecule has 0 aliphatic carbocycles. The van der Waals surface area contributed by atoms with E-state index in [1.165, 1.54) is 10.9 Å². The monoisotopic (exact) mass is 666 g/mol. The fourth-order valence-corrected chi connectivity index (χ4v) is 5.58. The number of ether oxygens (including phenoxy) is 3. The van der Waals surface area contributed by atoms with Gasteiger partial charge in [0.1, 0.15) is 5.75 Å². The van der Waals surface area contributed by atoms with E-state index in [0.29, 0.717) is 46.9 Å². The number of nitrogens with one attached hydrogen (secondary N) is 1. The number of rotatable bonds is 12. The van der Waals surface area contributed by atoms with Crippen molar-refractivity contribution in [3.05, 3.63) is 110 Å². The van der Waals surface area contributed by atoms with Crippen molar-refractivity contribution in [2.75, 3.05) is 25.1 Å². The van der Waals surface area contributed by atoms with Gasteiger partial charge in [-0.1, -0.05) is 55.8 Å². The van der Waals surface area contributed by atoms with Crippen LogP contribution in [0.4, 0.5) is 5.69 Å². The van der Waals surface area contributed by atoms with Gasteiger partial charge < -0.3 is 19.5 Å². The van der Waals surface area contributed by atoms with Crippen molar-refractivity contribution in [2.24, 2.45) is 5.10 Å². The number of aryl methyl sites for hydroxylation is 2. The van der Waals surface area contributed by atoms with Gasteiger partial charge in [0.15, 0.2) is 23.9 Å². The smallest absolute Gasteiger partial charge is 0.282 e. The molecule has 0 unspecified atom stereocenters. The van der Waals surface area contributed by atoms with Crippen LogP contribution in [0.25, 0.3) is 22.3 Å². The van der Waals surface area contributed by atoms with E-state index in [4.69, 9.17) is 30.8 Å². The van der Waals surface area contributed by atoms with Crippen LogP contribution in [0.3, 0.4) is 0 Å². The molecule has 0 spiro atoms. The molecule has 4 aromatic carbocycles. The summed E-state index contributed by atoms with van der Waals surface area (Å²) < 4.78 is 18.9. The molecular weight excluding hydrogens is 628 g/mol. The highest BCUT2D eigenvalue weighted by Crippen LogP contribution is 2.37. The number of anilines is 1. The second-order valence-electron chi connectivity index (χ2n) is 11.5. The first-order valence-electron chi connectivity index (χ1n) is 15.9. The zero-order valence-corrected chi connectivity index (χ0v) is 28.7. The number of benzene rings is 4. The molecule has 10 heteroatoms. The van der Waals surface area contributed by atoms with Crippen molar-refractivity contribution in [3.8, 4) is 28.6 Å². The van der Waals surface area contributed by atoms with Gasteiger partial charge in [-0.15, -0.1) is 0 Å². The van der Waals surface area contributed by atoms with Crippen LogP contribution in [0, 0.1) is 13.8 Å². The van der Waals surface area contributed by atoms with E-state index in [0.717, 1.165) is 28.0 Å². The Balaban J connectivity index is 1.53. The average Bonchev–Trinajstić information content (AvgIpc) is 3.05. The first kappa shape index (κ1) is 34.2. The molecule has 248 valence electrons. The maximum absolute atomic E-state index is 13.9. The van der Waals surface area contributed by atoms with Crippen LogP contribution >= 0.6 is 11.6 Å². The Morgan fingerprint density at radius 2 is 1.65 bits per heavy atom. The third-order valence-corrected chi connectivity index (χ3v) is 7.97. The number of carbonyl (C=O) groups is 1. The second-order valence-corrected chi connectivity index (χ2v) is 11.9. The highest BCUT2D eigenvalue weighted by Gasteiger charge is 2.19. The summed E-state index contributed by atoms with van der Waals surface area (Å²) in [7, 11) is 0. The van der Waals surface area contributed by atoms with Gasteiger partial charge in [-0.25, -0.2) is 4.98 Å². The SMILES string of the molecule is CCOc1cc(C)c(-c2nc3ccccc3c(=O)n2N=Cc2cc(Cl)c(OCC(=O)Nc3ccccc3C)c(OCC)c2)cc1C(C)C. The lowest BCUT2D eigenvalue weighted by atomic mass is 9.96. The van der Waals surface area contributed by atoms with Crippen LogP contribution < -0.4 is 25.1 Å². The van der Waals surface area contributed by atoms with Crippen LogP contribution in [0.15, 0.2) is 82.7 Å². The van der Waals surface area contributed by atoms with Gasteiger partial charge in [-0.05, 0) is 98.3 Å². The summed E-state index contributed by atoms with van der Waals surface area (Å²) in [4.78, 5) is 31.5. The molecule has 48 heavy (non-hydrogen) atoms. The molecule has 0 radical (unpaired) electrons. The molecule has 1 heterocycles. The number of halogens is 1. The third kappa shape index (κ3) is 7.52. The molecule has 1 amide bonds. The minimum Gasteiger partial charge on any atom is -0.494 e. The molecule has 9 nitrogen and oxygen atoms in total. The predicted octanol–water partition coefficient (Wildman–Crippen LogP) is 8.15. The van der Waals surface area contributed by atoms with Crippen molar-refractivity contribution in [2.45, 2.75) is 47.5 Å². The zero-order valence-electron chi connectivity index (χ0n) is 28.0. The number of nitrogens with zero attached hydrogens (tertiary/aromatic N) is 3. The van der Waals surface area contributed by atoms with Gasteiger partial charge in [0.05, 0.1) is 35.4 Å². The molecular formula is C38H39ClN4O5. The summed E-state index contributed by atoms with van der Waals surface area (Å²) in [5, 5.41) is 8.15.